The number of aliphatic hydroxyl groups excluding tert-OH is 1. The summed E-state index contributed by atoms with van der Waals surface area (Å²) < 4.78 is 12.3. The third-order valence-electron chi connectivity index (χ3n) is 7.22. The zero-order chi connectivity index (χ0) is 28.3. The monoisotopic (exact) mass is 548 g/mol. The molecule has 4 aromatic rings. The number of carbonyl (C=O) groups is 1. The molecule has 0 saturated carbocycles. The average molecular weight is 549 g/mol. The van der Waals surface area contributed by atoms with Crippen LogP contribution in [0, 0.1) is 0 Å². The van der Waals surface area contributed by atoms with Crippen LogP contribution in [-0.2, 0) is 22.4 Å². The van der Waals surface area contributed by atoms with Crippen molar-refractivity contribution in [2.45, 2.75) is 37.3 Å². The van der Waals surface area contributed by atoms with Gasteiger partial charge in [0.1, 0.15) is 5.75 Å². The molecule has 0 aromatic heterocycles. The average Bonchev–Trinajstić information content (AvgIpc) is 3.41. The molecule has 2 atom stereocenters. The van der Waals surface area contributed by atoms with Crippen molar-refractivity contribution < 1.29 is 19.4 Å². The van der Waals surface area contributed by atoms with Crippen LogP contribution in [0.2, 0.25) is 0 Å². The predicted octanol–water partition coefficient (Wildman–Crippen LogP) is 5.70. The minimum atomic E-state index is -1.19. The van der Waals surface area contributed by atoms with Crippen LogP contribution in [0.1, 0.15) is 41.2 Å². The Morgan fingerprint density at radius 3 is 2.12 bits per heavy atom. The summed E-state index contributed by atoms with van der Waals surface area (Å²) in [4.78, 5) is 19.3. The molecule has 2 N–H and O–H groups in total. The predicted molar refractivity (Wildman–Crippen MR) is 161 cm³/mol. The lowest BCUT2D eigenvalue weighted by Crippen LogP contribution is -2.50. The molecule has 0 unspecified atom stereocenters. The smallest absolute Gasteiger partial charge is 0.252 e. The van der Waals surface area contributed by atoms with Crippen LogP contribution in [0.25, 0.3) is 0 Å². The Hall–Kier alpha value is -4.42. The Labute approximate surface area is 241 Å². The summed E-state index contributed by atoms with van der Waals surface area (Å²) in [6.07, 6.45) is 2.06. The highest BCUT2D eigenvalue weighted by Crippen LogP contribution is 2.42. The summed E-state index contributed by atoms with van der Waals surface area (Å²) in [6.45, 7) is 1.06. The molecule has 0 spiro atoms. The number of benzene rings is 4. The Bertz CT molecular complexity index is 1410. The van der Waals surface area contributed by atoms with E-state index in [1.807, 2.05) is 103 Å². The van der Waals surface area contributed by atoms with Gasteiger partial charge in [0.05, 0.1) is 6.61 Å². The second kappa shape index (κ2) is 13.8. The molecule has 0 fully saturated rings. The highest BCUT2D eigenvalue weighted by molar-refractivity contribution is 6.01. The first-order chi connectivity index (χ1) is 20.2. The lowest BCUT2D eigenvalue weighted by Gasteiger charge is -2.31. The maximum absolute atomic E-state index is 14.2. The van der Waals surface area contributed by atoms with Gasteiger partial charge in [-0.3, -0.25) is 4.79 Å². The quantitative estimate of drug-likeness (QED) is 0.210. The zero-order valence-corrected chi connectivity index (χ0v) is 23.1. The fourth-order valence-electron chi connectivity index (χ4n) is 5.11. The van der Waals surface area contributed by atoms with Crippen molar-refractivity contribution in [2.75, 3.05) is 19.8 Å². The third-order valence-corrected chi connectivity index (χ3v) is 7.22. The van der Waals surface area contributed by atoms with Crippen LogP contribution < -0.4 is 10.1 Å². The lowest BCUT2D eigenvalue weighted by molar-refractivity contribution is -0.128. The van der Waals surface area contributed by atoms with Gasteiger partial charge in [0.15, 0.2) is 11.6 Å². The zero-order valence-electron chi connectivity index (χ0n) is 23.1. The summed E-state index contributed by atoms with van der Waals surface area (Å²) in [5, 5.41) is 12.2. The van der Waals surface area contributed by atoms with E-state index in [0.29, 0.717) is 37.6 Å². The maximum Gasteiger partial charge on any atom is 0.252 e. The second-order valence-corrected chi connectivity index (χ2v) is 10.2. The lowest BCUT2D eigenvalue weighted by atomic mass is 9.82. The number of aliphatic imine (C=N–C) groups is 1. The van der Waals surface area contributed by atoms with E-state index in [0.717, 1.165) is 29.5 Å². The fourth-order valence-corrected chi connectivity index (χ4v) is 5.11. The van der Waals surface area contributed by atoms with Crippen LogP contribution in [-0.4, -0.2) is 42.2 Å². The van der Waals surface area contributed by atoms with Gasteiger partial charge in [-0.25, -0.2) is 4.99 Å². The molecule has 6 nitrogen and oxygen atoms in total. The van der Waals surface area contributed by atoms with Gasteiger partial charge in [0.2, 0.25) is 5.90 Å². The van der Waals surface area contributed by atoms with Crippen molar-refractivity contribution in [1.82, 2.24) is 5.32 Å². The van der Waals surface area contributed by atoms with Gasteiger partial charge in [-0.2, -0.15) is 0 Å². The number of aryl methyl sites for hydroxylation is 1. The minimum absolute atomic E-state index is 0.0847. The largest absolute Gasteiger partial charge is 0.494 e. The van der Waals surface area contributed by atoms with E-state index in [1.165, 1.54) is 5.56 Å². The second-order valence-electron chi connectivity index (χ2n) is 10.2. The topological polar surface area (TPSA) is 80.2 Å². The SMILES string of the molecule is O=C(NCCCc1ccccc1)[C@]1(Cc2ccccc2)N=C(c2ccc(OCCCO)cc2)O[C@@H]1c1ccccc1. The number of hydrogen-bond donors (Lipinski definition) is 2. The van der Waals surface area contributed by atoms with Crippen molar-refractivity contribution in [3.63, 3.8) is 0 Å². The summed E-state index contributed by atoms with van der Waals surface area (Å²) in [7, 11) is 0. The molecule has 4 aromatic carbocycles. The molecule has 1 aliphatic heterocycles. The molecular formula is C35H36N2O4. The number of aliphatic hydroxyl groups is 1. The van der Waals surface area contributed by atoms with E-state index in [-0.39, 0.29) is 12.5 Å². The Morgan fingerprint density at radius 1 is 0.829 bits per heavy atom. The van der Waals surface area contributed by atoms with Crippen molar-refractivity contribution in [2.24, 2.45) is 4.99 Å². The van der Waals surface area contributed by atoms with E-state index in [2.05, 4.69) is 17.4 Å². The van der Waals surface area contributed by atoms with Gasteiger partial charge < -0.3 is 19.9 Å². The van der Waals surface area contributed by atoms with E-state index in [4.69, 9.17) is 19.6 Å². The number of rotatable bonds is 13. The molecule has 0 saturated heterocycles. The van der Waals surface area contributed by atoms with E-state index >= 15 is 0 Å². The molecule has 1 heterocycles. The molecule has 5 rings (SSSR count). The normalized spacial score (nSPS) is 17.9. The number of nitrogens with zero attached hydrogens (tertiary/aromatic N) is 1. The number of ether oxygens (including phenoxy) is 2. The van der Waals surface area contributed by atoms with Gasteiger partial charge in [0, 0.05) is 31.6 Å². The molecule has 6 heteroatoms. The maximum atomic E-state index is 14.2. The number of amides is 1. The van der Waals surface area contributed by atoms with Crippen molar-refractivity contribution in [3.8, 4) is 5.75 Å². The number of carbonyl (C=O) groups excluding carboxylic acids is 1. The van der Waals surface area contributed by atoms with Gasteiger partial charge in [0.25, 0.3) is 5.91 Å². The molecule has 1 aliphatic rings. The highest BCUT2D eigenvalue weighted by Gasteiger charge is 2.53. The van der Waals surface area contributed by atoms with Crippen LogP contribution in [0.15, 0.2) is 120 Å². The van der Waals surface area contributed by atoms with Crippen LogP contribution in [0.5, 0.6) is 5.75 Å². The molecule has 41 heavy (non-hydrogen) atoms. The van der Waals surface area contributed by atoms with Gasteiger partial charge in [-0.1, -0.05) is 91.0 Å². The van der Waals surface area contributed by atoms with Crippen molar-refractivity contribution >= 4 is 11.8 Å². The molecule has 0 radical (unpaired) electrons. The van der Waals surface area contributed by atoms with Gasteiger partial charge in [-0.15, -0.1) is 0 Å². The third kappa shape index (κ3) is 7.02. The summed E-state index contributed by atoms with van der Waals surface area (Å²) in [5.74, 6) is 0.977. The number of nitrogens with one attached hydrogen (secondary N) is 1. The molecule has 1 amide bonds. The Morgan fingerprint density at radius 2 is 1.46 bits per heavy atom. The van der Waals surface area contributed by atoms with Crippen molar-refractivity contribution in [3.05, 3.63) is 138 Å². The Balaban J connectivity index is 1.45. The number of hydrogen-bond acceptors (Lipinski definition) is 5. The molecule has 0 aliphatic carbocycles. The highest BCUT2D eigenvalue weighted by atomic mass is 16.5. The molecule has 210 valence electrons. The van der Waals surface area contributed by atoms with E-state index in [1.54, 1.807) is 0 Å². The molecular weight excluding hydrogens is 512 g/mol. The van der Waals surface area contributed by atoms with Gasteiger partial charge in [-0.05, 0) is 53.8 Å². The van der Waals surface area contributed by atoms with Crippen LogP contribution in [0.3, 0.4) is 0 Å². The van der Waals surface area contributed by atoms with Crippen LogP contribution >= 0.6 is 0 Å². The van der Waals surface area contributed by atoms with Gasteiger partial charge >= 0.3 is 0 Å². The summed E-state index contributed by atoms with van der Waals surface area (Å²) in [6, 6.07) is 37.6. The first kappa shape index (κ1) is 28.1. The van der Waals surface area contributed by atoms with Crippen molar-refractivity contribution in [1.29, 1.82) is 0 Å². The fraction of sp³-hybridized carbons (Fsp3) is 0.257. The summed E-state index contributed by atoms with van der Waals surface area (Å²) >= 11 is 0. The first-order valence-electron chi connectivity index (χ1n) is 14.2. The Kier molecular flexibility index (Phi) is 9.45. The van der Waals surface area contributed by atoms with E-state index < -0.39 is 11.6 Å². The molecule has 0 bridgehead atoms. The summed E-state index contributed by atoms with van der Waals surface area (Å²) in [5.41, 5.74) is 2.73. The minimum Gasteiger partial charge on any atom is -0.494 e. The van der Waals surface area contributed by atoms with E-state index in [9.17, 15) is 4.79 Å². The first-order valence-corrected chi connectivity index (χ1v) is 14.2. The standard InChI is InChI=1S/C35H36N2O4/c38-24-11-25-40-31-21-19-30(20-22-31)33-37-35(26-28-14-6-2-7-15-28,32(41-33)29-17-8-3-9-18-29)34(39)36-23-10-16-27-12-4-1-5-13-27/h1-9,12-15,17-22,32,38H,10-11,16,23-26H2,(H,36,39)/t32-,35-/m1/s1. The van der Waals surface area contributed by atoms with Crippen LogP contribution in [0.4, 0.5) is 0 Å².